The molecule has 0 aromatic heterocycles. The number of nitrogens with one attached hydrogen (secondary N) is 1. The first kappa shape index (κ1) is 26.8. The van der Waals surface area contributed by atoms with E-state index >= 15 is 0 Å². The molecule has 0 fully saturated rings. The number of rotatable bonds is 16. The molecule has 1 N–H and O–H groups in total. The van der Waals surface area contributed by atoms with Crippen LogP contribution in [0.25, 0.3) is 0 Å². The van der Waals surface area contributed by atoms with Crippen molar-refractivity contribution in [2.75, 3.05) is 13.1 Å². The molecule has 140 valence electrons. The van der Waals surface area contributed by atoms with Gasteiger partial charge < -0.3 is 20.0 Å². The van der Waals surface area contributed by atoms with Crippen molar-refractivity contribution in [3.63, 3.8) is 0 Å². The molecule has 0 atom stereocenters. The van der Waals surface area contributed by atoms with Gasteiger partial charge in [-0.3, -0.25) is 9.59 Å². The minimum atomic E-state index is -1.14. The predicted molar refractivity (Wildman–Crippen MR) is 90.1 cm³/mol. The fourth-order valence-electron chi connectivity index (χ4n) is 2.31. The van der Waals surface area contributed by atoms with Gasteiger partial charge in [-0.15, -0.1) is 0 Å². The monoisotopic (exact) mass is 365 g/mol. The Hall–Kier alpha value is -0.430. The fraction of sp³-hybridized carbons (Fsp3) is 0.833. The molecule has 6 nitrogen and oxygen atoms in total. The van der Waals surface area contributed by atoms with Gasteiger partial charge in [0, 0.05) is 25.5 Å². The molecule has 0 amide bonds. The molecule has 0 aromatic carbocycles. The van der Waals surface area contributed by atoms with E-state index in [2.05, 4.69) is 12.2 Å². The molecular weight excluding hydrogens is 333 g/mol. The van der Waals surface area contributed by atoms with Crippen LogP contribution in [-0.2, 0) is 19.1 Å². The standard InChI is InChI=1S/C18H33NO5.Na/c1-2-3-4-5-6-7-8-9-10-11-17(22)24-18(23)13-15-19-14-12-16(20)21;/h19H,2-15H2,1H3,(H,20,21);/q;+1/p-1. The predicted octanol–water partition coefficient (Wildman–Crippen LogP) is -0.899. The first-order chi connectivity index (χ1) is 11.6. The summed E-state index contributed by atoms with van der Waals surface area (Å²) in [6, 6.07) is 0. The number of carboxylic acid groups (broad SMARTS) is 1. The molecule has 0 heterocycles. The zero-order valence-corrected chi connectivity index (χ0v) is 17.9. The number of carbonyl (C=O) groups excluding carboxylic acids is 3. The van der Waals surface area contributed by atoms with Crippen LogP contribution in [-0.4, -0.2) is 31.0 Å². The average Bonchev–Trinajstić information content (AvgIpc) is 2.52. The van der Waals surface area contributed by atoms with Crippen LogP contribution in [0.2, 0.25) is 0 Å². The Kier molecular flexibility index (Phi) is 21.3. The molecular formula is C18H32NNaO5. The van der Waals surface area contributed by atoms with Gasteiger partial charge in [-0.2, -0.15) is 0 Å². The van der Waals surface area contributed by atoms with Gasteiger partial charge in [-0.05, 0) is 12.8 Å². The van der Waals surface area contributed by atoms with Gasteiger partial charge >= 0.3 is 41.5 Å². The number of carbonyl (C=O) groups is 3. The third-order valence-corrected chi connectivity index (χ3v) is 3.72. The SMILES string of the molecule is CCCCCCCCCCCC(=O)OC(=O)CCNCCC(=O)[O-].[Na+]. The van der Waals surface area contributed by atoms with Gasteiger partial charge in [-0.1, -0.05) is 58.3 Å². The van der Waals surface area contributed by atoms with E-state index < -0.39 is 17.9 Å². The van der Waals surface area contributed by atoms with Crippen molar-refractivity contribution in [2.24, 2.45) is 0 Å². The van der Waals surface area contributed by atoms with E-state index in [1.54, 1.807) is 0 Å². The Morgan fingerprint density at radius 3 is 1.80 bits per heavy atom. The van der Waals surface area contributed by atoms with Crippen LogP contribution in [0, 0.1) is 0 Å². The summed E-state index contributed by atoms with van der Waals surface area (Å²) in [6.07, 6.45) is 10.7. The van der Waals surface area contributed by atoms with Gasteiger partial charge in [0.05, 0.1) is 6.42 Å². The van der Waals surface area contributed by atoms with Gasteiger partial charge in [0.2, 0.25) is 0 Å². The van der Waals surface area contributed by atoms with Gasteiger partial charge in [0.25, 0.3) is 0 Å². The zero-order chi connectivity index (χ0) is 18.0. The second-order valence-corrected chi connectivity index (χ2v) is 6.05. The zero-order valence-electron chi connectivity index (χ0n) is 15.9. The van der Waals surface area contributed by atoms with Crippen LogP contribution in [0.4, 0.5) is 0 Å². The normalized spacial score (nSPS) is 10.1. The number of ether oxygens (including phenoxy) is 1. The maximum Gasteiger partial charge on any atom is 1.00 e. The van der Waals surface area contributed by atoms with Crippen LogP contribution >= 0.6 is 0 Å². The molecule has 0 unspecified atom stereocenters. The average molecular weight is 365 g/mol. The second kappa shape index (κ2) is 19.9. The Balaban J connectivity index is 0. The number of hydrogen-bond acceptors (Lipinski definition) is 6. The van der Waals surface area contributed by atoms with E-state index in [4.69, 9.17) is 4.74 Å². The van der Waals surface area contributed by atoms with Crippen molar-refractivity contribution in [2.45, 2.75) is 84.0 Å². The molecule has 0 spiro atoms. The van der Waals surface area contributed by atoms with Crippen molar-refractivity contribution in [1.29, 1.82) is 0 Å². The molecule has 7 heteroatoms. The number of esters is 2. The van der Waals surface area contributed by atoms with E-state index in [9.17, 15) is 19.5 Å². The summed E-state index contributed by atoms with van der Waals surface area (Å²) in [5.74, 6) is -2.18. The summed E-state index contributed by atoms with van der Waals surface area (Å²) in [5.41, 5.74) is 0. The summed E-state index contributed by atoms with van der Waals surface area (Å²) in [7, 11) is 0. The largest absolute Gasteiger partial charge is 1.00 e. The molecule has 0 aliphatic heterocycles. The number of hydrogen-bond donors (Lipinski definition) is 1. The van der Waals surface area contributed by atoms with E-state index in [-0.39, 0.29) is 61.9 Å². The molecule has 0 aliphatic rings. The third-order valence-electron chi connectivity index (χ3n) is 3.72. The van der Waals surface area contributed by atoms with E-state index in [1.807, 2.05) is 0 Å². The Labute approximate surface area is 173 Å². The Morgan fingerprint density at radius 1 is 0.760 bits per heavy atom. The molecule has 0 aliphatic carbocycles. The summed E-state index contributed by atoms with van der Waals surface area (Å²) < 4.78 is 4.70. The van der Waals surface area contributed by atoms with Crippen molar-refractivity contribution in [3.05, 3.63) is 0 Å². The summed E-state index contributed by atoms with van der Waals surface area (Å²) >= 11 is 0. The van der Waals surface area contributed by atoms with Crippen LogP contribution in [0.1, 0.15) is 84.0 Å². The maximum absolute atomic E-state index is 11.5. The first-order valence-electron chi connectivity index (χ1n) is 9.20. The molecule has 0 saturated heterocycles. The quantitative estimate of drug-likeness (QED) is 0.165. The Bertz CT molecular complexity index is 363. The van der Waals surface area contributed by atoms with Crippen molar-refractivity contribution in [1.82, 2.24) is 5.32 Å². The molecule has 0 saturated carbocycles. The molecule has 25 heavy (non-hydrogen) atoms. The van der Waals surface area contributed by atoms with Crippen LogP contribution in [0.5, 0.6) is 0 Å². The maximum atomic E-state index is 11.5. The van der Waals surface area contributed by atoms with Gasteiger partial charge in [-0.25, -0.2) is 0 Å². The van der Waals surface area contributed by atoms with Crippen molar-refractivity contribution >= 4 is 17.9 Å². The van der Waals surface area contributed by atoms with Gasteiger partial charge in [0.15, 0.2) is 0 Å². The summed E-state index contributed by atoms with van der Waals surface area (Å²) in [4.78, 5) is 33.1. The number of aliphatic carboxylic acids is 1. The summed E-state index contributed by atoms with van der Waals surface area (Å²) in [6.45, 7) is 2.73. The van der Waals surface area contributed by atoms with Crippen molar-refractivity contribution in [3.8, 4) is 0 Å². The Morgan fingerprint density at radius 2 is 1.24 bits per heavy atom. The van der Waals surface area contributed by atoms with Gasteiger partial charge in [0.1, 0.15) is 0 Å². The van der Waals surface area contributed by atoms with E-state index in [0.29, 0.717) is 0 Å². The molecule has 0 bridgehead atoms. The fourth-order valence-corrected chi connectivity index (χ4v) is 2.31. The second-order valence-electron chi connectivity index (χ2n) is 6.05. The molecule has 0 aromatic rings. The summed E-state index contributed by atoms with van der Waals surface area (Å²) in [5, 5.41) is 13.0. The van der Waals surface area contributed by atoms with E-state index in [1.165, 1.54) is 38.5 Å². The van der Waals surface area contributed by atoms with Crippen molar-refractivity contribution < 1.29 is 53.8 Å². The number of carboxylic acids is 1. The topological polar surface area (TPSA) is 95.5 Å². The van der Waals surface area contributed by atoms with Crippen LogP contribution in [0.15, 0.2) is 0 Å². The number of unbranched alkanes of at least 4 members (excludes halogenated alkanes) is 8. The third kappa shape index (κ3) is 21.5. The minimum Gasteiger partial charge on any atom is -0.550 e. The first-order valence-corrected chi connectivity index (χ1v) is 9.20. The van der Waals surface area contributed by atoms with Crippen LogP contribution < -0.4 is 40.0 Å². The minimum absolute atomic E-state index is 0. The van der Waals surface area contributed by atoms with Crippen LogP contribution in [0.3, 0.4) is 0 Å². The smallest absolute Gasteiger partial charge is 0.550 e. The molecule has 0 rings (SSSR count). The molecule has 0 radical (unpaired) electrons. The van der Waals surface area contributed by atoms with E-state index in [0.717, 1.165) is 19.3 Å².